The molecule has 0 saturated carbocycles. The molecule has 1 aliphatic heterocycles. The first kappa shape index (κ1) is 12.1. The molecule has 2 rings (SSSR count). The molecule has 1 aliphatic rings. The highest BCUT2D eigenvalue weighted by atomic mass is 15.5. The summed E-state index contributed by atoms with van der Waals surface area (Å²) in [5, 5.41) is 12.3. The second kappa shape index (κ2) is 5.78. The lowest BCUT2D eigenvalue weighted by Gasteiger charge is -2.11. The van der Waals surface area contributed by atoms with E-state index in [4.69, 9.17) is 5.26 Å². The summed E-state index contributed by atoms with van der Waals surface area (Å²) in [6.07, 6.45) is 2.44. The summed E-state index contributed by atoms with van der Waals surface area (Å²) in [4.78, 5) is 0. The molecule has 1 heterocycles. The van der Waals surface area contributed by atoms with Crippen LogP contribution in [-0.2, 0) is 0 Å². The van der Waals surface area contributed by atoms with Crippen LogP contribution in [0.2, 0.25) is 0 Å². The average Bonchev–Trinajstić information content (AvgIpc) is 2.85. The molecule has 0 aliphatic carbocycles. The lowest BCUT2D eigenvalue weighted by atomic mass is 10.0. The molecule has 0 radical (unpaired) electrons. The van der Waals surface area contributed by atoms with Gasteiger partial charge >= 0.3 is 0 Å². The van der Waals surface area contributed by atoms with Crippen LogP contribution in [0.5, 0.6) is 0 Å². The molecule has 1 fully saturated rings. The second-order valence-electron chi connectivity index (χ2n) is 4.32. The van der Waals surface area contributed by atoms with Gasteiger partial charge in [0.25, 0.3) is 0 Å². The van der Waals surface area contributed by atoms with Crippen molar-refractivity contribution < 1.29 is 0 Å². The first-order valence-corrected chi connectivity index (χ1v) is 6.08. The largest absolute Gasteiger partial charge is 0.301 e. The van der Waals surface area contributed by atoms with Gasteiger partial charge in [-0.25, -0.2) is 10.9 Å². The summed E-state index contributed by atoms with van der Waals surface area (Å²) in [6, 6.07) is 10.2. The predicted molar refractivity (Wildman–Crippen MR) is 66.9 cm³/mol. The fraction of sp³-hybridized carbons (Fsp3) is 0.462. The summed E-state index contributed by atoms with van der Waals surface area (Å²) in [7, 11) is 0. The molecule has 1 aromatic carbocycles. The molecule has 0 amide bonds. The Morgan fingerprint density at radius 2 is 2.35 bits per heavy atom. The molecule has 4 nitrogen and oxygen atoms in total. The van der Waals surface area contributed by atoms with E-state index in [1.165, 1.54) is 0 Å². The van der Waals surface area contributed by atoms with Crippen LogP contribution in [0.15, 0.2) is 24.3 Å². The van der Waals surface area contributed by atoms with E-state index in [9.17, 15) is 0 Å². The monoisotopic (exact) mass is 230 g/mol. The van der Waals surface area contributed by atoms with Crippen molar-refractivity contribution >= 4 is 0 Å². The van der Waals surface area contributed by atoms with Crippen LogP contribution in [0.4, 0.5) is 0 Å². The molecule has 17 heavy (non-hydrogen) atoms. The molecule has 90 valence electrons. The third-order valence-electron chi connectivity index (χ3n) is 2.96. The number of hydrogen-bond donors (Lipinski definition) is 3. The van der Waals surface area contributed by atoms with Crippen LogP contribution in [0.3, 0.4) is 0 Å². The lowest BCUT2D eigenvalue weighted by Crippen LogP contribution is -2.41. The van der Waals surface area contributed by atoms with E-state index in [2.05, 4.69) is 35.2 Å². The molecular weight excluding hydrogens is 212 g/mol. The van der Waals surface area contributed by atoms with Gasteiger partial charge in [0, 0.05) is 6.04 Å². The molecule has 1 aromatic rings. The molecule has 0 spiro atoms. The maximum atomic E-state index is 8.87. The number of hydrogen-bond acceptors (Lipinski definition) is 4. The van der Waals surface area contributed by atoms with E-state index >= 15 is 0 Å². The Labute approximate surface area is 102 Å². The third kappa shape index (κ3) is 3.04. The van der Waals surface area contributed by atoms with E-state index < -0.39 is 0 Å². The quantitative estimate of drug-likeness (QED) is 0.732. The SMILES string of the molecule is CCCNC1CC(c2cccc(C#N)c2)NN1. The predicted octanol–water partition coefficient (Wildman–Crippen LogP) is 1.42. The van der Waals surface area contributed by atoms with Crippen LogP contribution >= 0.6 is 0 Å². The van der Waals surface area contributed by atoms with Crippen LogP contribution in [0.25, 0.3) is 0 Å². The highest BCUT2D eigenvalue weighted by Crippen LogP contribution is 2.21. The first-order chi connectivity index (χ1) is 8.33. The van der Waals surface area contributed by atoms with Crippen molar-refractivity contribution in [2.24, 2.45) is 0 Å². The number of nitriles is 1. The van der Waals surface area contributed by atoms with E-state index in [0.717, 1.165) is 24.9 Å². The van der Waals surface area contributed by atoms with Crippen LogP contribution in [0.1, 0.15) is 36.9 Å². The summed E-state index contributed by atoms with van der Waals surface area (Å²) in [5.41, 5.74) is 8.38. The van der Waals surface area contributed by atoms with Crippen molar-refractivity contribution in [2.45, 2.75) is 32.0 Å². The molecular formula is C13H18N4. The molecule has 0 aromatic heterocycles. The summed E-state index contributed by atoms with van der Waals surface area (Å²) in [5.74, 6) is 0. The van der Waals surface area contributed by atoms with Crippen molar-refractivity contribution in [1.82, 2.24) is 16.2 Å². The fourth-order valence-corrected chi connectivity index (χ4v) is 2.05. The van der Waals surface area contributed by atoms with Gasteiger partial charge in [-0.3, -0.25) is 0 Å². The molecule has 3 N–H and O–H groups in total. The maximum Gasteiger partial charge on any atom is 0.0991 e. The molecule has 0 bridgehead atoms. The summed E-state index contributed by atoms with van der Waals surface area (Å²) >= 11 is 0. The number of nitrogens with zero attached hydrogens (tertiary/aromatic N) is 1. The smallest absolute Gasteiger partial charge is 0.0991 e. The number of nitrogens with one attached hydrogen (secondary N) is 3. The first-order valence-electron chi connectivity index (χ1n) is 6.08. The average molecular weight is 230 g/mol. The van der Waals surface area contributed by atoms with Gasteiger partial charge in [0.2, 0.25) is 0 Å². The number of benzene rings is 1. The topological polar surface area (TPSA) is 59.9 Å². The highest BCUT2D eigenvalue weighted by Gasteiger charge is 2.24. The molecule has 4 heteroatoms. The van der Waals surface area contributed by atoms with Gasteiger partial charge in [-0.2, -0.15) is 5.26 Å². The van der Waals surface area contributed by atoms with E-state index in [0.29, 0.717) is 11.7 Å². The van der Waals surface area contributed by atoms with Gasteiger partial charge in [-0.1, -0.05) is 19.1 Å². The Balaban J connectivity index is 1.97. The zero-order chi connectivity index (χ0) is 12.1. The minimum Gasteiger partial charge on any atom is -0.301 e. The molecule has 2 atom stereocenters. The van der Waals surface area contributed by atoms with Crippen molar-refractivity contribution in [3.8, 4) is 6.07 Å². The van der Waals surface area contributed by atoms with Crippen molar-refractivity contribution in [3.63, 3.8) is 0 Å². The maximum absolute atomic E-state index is 8.87. The molecule has 2 unspecified atom stereocenters. The Morgan fingerprint density at radius 3 is 3.12 bits per heavy atom. The minimum absolute atomic E-state index is 0.276. The van der Waals surface area contributed by atoms with E-state index in [1.54, 1.807) is 0 Å². The number of rotatable bonds is 4. The molecule has 1 saturated heterocycles. The normalized spacial score (nSPS) is 23.5. The Morgan fingerprint density at radius 1 is 1.47 bits per heavy atom. The van der Waals surface area contributed by atoms with Gasteiger partial charge in [0.15, 0.2) is 0 Å². The Kier molecular flexibility index (Phi) is 4.10. The van der Waals surface area contributed by atoms with Gasteiger partial charge in [0.05, 0.1) is 17.8 Å². The summed E-state index contributed by atoms with van der Waals surface area (Å²) < 4.78 is 0. The Bertz CT molecular complexity index is 410. The van der Waals surface area contributed by atoms with Crippen molar-refractivity contribution in [1.29, 1.82) is 5.26 Å². The highest BCUT2D eigenvalue weighted by molar-refractivity contribution is 5.34. The number of hydrazine groups is 1. The third-order valence-corrected chi connectivity index (χ3v) is 2.96. The van der Waals surface area contributed by atoms with Gasteiger partial charge in [-0.15, -0.1) is 0 Å². The van der Waals surface area contributed by atoms with Gasteiger partial charge < -0.3 is 5.32 Å². The lowest BCUT2D eigenvalue weighted by molar-refractivity contribution is 0.458. The van der Waals surface area contributed by atoms with Gasteiger partial charge in [0.1, 0.15) is 0 Å². The van der Waals surface area contributed by atoms with E-state index in [-0.39, 0.29) is 6.04 Å². The fourth-order valence-electron chi connectivity index (χ4n) is 2.05. The second-order valence-corrected chi connectivity index (χ2v) is 4.32. The summed E-state index contributed by atoms with van der Waals surface area (Å²) in [6.45, 7) is 3.17. The van der Waals surface area contributed by atoms with Crippen molar-refractivity contribution in [3.05, 3.63) is 35.4 Å². The standard InChI is InChI=1S/C13H18N4/c1-2-6-15-13-8-12(16-17-13)11-5-3-4-10(7-11)9-14/h3-5,7,12-13,15-17H,2,6,8H2,1H3. The Hall–Kier alpha value is -1.41. The van der Waals surface area contributed by atoms with Crippen LogP contribution in [0, 0.1) is 11.3 Å². The van der Waals surface area contributed by atoms with Crippen molar-refractivity contribution in [2.75, 3.05) is 6.54 Å². The van der Waals surface area contributed by atoms with Gasteiger partial charge in [-0.05, 0) is 37.1 Å². The van der Waals surface area contributed by atoms with Crippen LogP contribution in [-0.4, -0.2) is 12.7 Å². The van der Waals surface area contributed by atoms with Crippen LogP contribution < -0.4 is 16.2 Å². The zero-order valence-electron chi connectivity index (χ0n) is 10.0. The zero-order valence-corrected chi connectivity index (χ0v) is 10.0. The van der Waals surface area contributed by atoms with E-state index in [1.807, 2.05) is 18.2 Å². The minimum atomic E-state index is 0.276.